The summed E-state index contributed by atoms with van der Waals surface area (Å²) < 4.78 is 12.9. The van der Waals surface area contributed by atoms with Crippen LogP contribution >= 0.6 is 0 Å². The summed E-state index contributed by atoms with van der Waals surface area (Å²) in [6, 6.07) is 37.8. The van der Waals surface area contributed by atoms with Gasteiger partial charge in [0.15, 0.2) is 0 Å². The molecule has 0 aliphatic heterocycles. The van der Waals surface area contributed by atoms with Crippen LogP contribution in [0.4, 0.5) is 0 Å². The monoisotopic (exact) mass is 861 g/mol. The van der Waals surface area contributed by atoms with E-state index in [0.29, 0.717) is 19.1 Å². The molecule has 0 atom stereocenters. The molecule has 0 aliphatic rings. The second-order valence-corrected chi connectivity index (χ2v) is 20.7. The third-order valence-electron chi connectivity index (χ3n) is 11.9. The molecule has 0 amide bonds. The van der Waals surface area contributed by atoms with Gasteiger partial charge in [-0.25, -0.2) is 0 Å². The maximum absolute atomic E-state index is 12.0. The number of ether oxygens (including phenoxy) is 2. The van der Waals surface area contributed by atoms with Gasteiger partial charge in [0.05, 0.1) is 13.2 Å². The highest BCUT2D eigenvalue weighted by Crippen LogP contribution is 2.46. The van der Waals surface area contributed by atoms with Crippen LogP contribution in [0.15, 0.2) is 109 Å². The van der Waals surface area contributed by atoms with Gasteiger partial charge in [0.1, 0.15) is 23.0 Å². The lowest BCUT2D eigenvalue weighted by atomic mass is 9.78. The van der Waals surface area contributed by atoms with E-state index in [1.807, 2.05) is 62.4 Å². The molecule has 0 unspecified atom stereocenters. The predicted octanol–water partition coefficient (Wildman–Crippen LogP) is 17.1. The predicted molar refractivity (Wildman–Crippen MR) is 274 cm³/mol. The molecule has 6 rings (SSSR count). The average molecular weight is 861 g/mol. The Kier molecular flexibility index (Phi) is 15.9. The number of aromatic hydroxyl groups is 2. The van der Waals surface area contributed by atoms with Crippen molar-refractivity contribution in [3.05, 3.63) is 143 Å². The zero-order valence-electron chi connectivity index (χ0n) is 41.7. The Morgan fingerprint density at radius 2 is 0.797 bits per heavy atom. The first-order valence-corrected chi connectivity index (χ1v) is 23.6. The van der Waals surface area contributed by atoms with Gasteiger partial charge < -0.3 is 19.7 Å². The molecule has 6 aromatic rings. The van der Waals surface area contributed by atoms with Gasteiger partial charge in [-0.15, -0.1) is 0 Å². The summed E-state index contributed by atoms with van der Waals surface area (Å²) in [5, 5.41) is 23.9. The van der Waals surface area contributed by atoms with Crippen molar-refractivity contribution in [1.82, 2.24) is 0 Å². The minimum atomic E-state index is -0.0384. The first-order chi connectivity index (χ1) is 30.1. The normalized spacial score (nSPS) is 11.9. The average Bonchev–Trinajstić information content (AvgIpc) is 3.24. The van der Waals surface area contributed by atoms with Gasteiger partial charge >= 0.3 is 0 Å². The summed E-state index contributed by atoms with van der Waals surface area (Å²) in [5.41, 5.74) is 14.1. The van der Waals surface area contributed by atoms with Crippen LogP contribution in [0.5, 0.6) is 23.0 Å². The SMILES string of the molecule is CC.Cc1cc(-c2cc(C(C)C)cc(C(C)(C)C)c2)c(O)c(-c2ccccc2OCCCCCOc2ccccc2-c2cc(C)cc(-c3cc(C(C)(C)C)cc(C(C)(C)C)c3)c2O)c1. The number of para-hydroxylation sites is 2. The molecule has 2 N–H and O–H groups in total. The van der Waals surface area contributed by atoms with Crippen LogP contribution in [0.1, 0.15) is 149 Å². The van der Waals surface area contributed by atoms with Crippen LogP contribution in [-0.2, 0) is 16.2 Å². The maximum Gasteiger partial charge on any atom is 0.131 e. The Morgan fingerprint density at radius 1 is 0.438 bits per heavy atom. The number of unbranched alkanes of at least 4 members (excludes halogenated alkanes) is 2. The molecule has 6 aromatic carbocycles. The molecule has 0 heterocycles. The van der Waals surface area contributed by atoms with Crippen LogP contribution in [0.3, 0.4) is 0 Å². The van der Waals surface area contributed by atoms with E-state index in [1.54, 1.807) is 0 Å². The molecule has 0 radical (unpaired) electrons. The number of phenols is 2. The van der Waals surface area contributed by atoms with Gasteiger partial charge in [0, 0.05) is 33.4 Å². The highest BCUT2D eigenvalue weighted by molar-refractivity contribution is 5.87. The molecule has 340 valence electrons. The fourth-order valence-corrected chi connectivity index (χ4v) is 8.01. The van der Waals surface area contributed by atoms with Crippen molar-refractivity contribution in [3.8, 4) is 67.5 Å². The fraction of sp³-hybridized carbons (Fsp3) is 0.400. The van der Waals surface area contributed by atoms with Gasteiger partial charge in [0.2, 0.25) is 0 Å². The Labute approximate surface area is 386 Å². The molecule has 4 heteroatoms. The second-order valence-electron chi connectivity index (χ2n) is 20.7. The second kappa shape index (κ2) is 20.6. The van der Waals surface area contributed by atoms with E-state index >= 15 is 0 Å². The molecule has 0 aliphatic carbocycles. The Hall–Kier alpha value is -5.48. The van der Waals surface area contributed by atoms with E-state index in [9.17, 15) is 10.2 Å². The molecule has 0 bridgehead atoms. The molecule has 0 fully saturated rings. The summed E-state index contributed by atoms with van der Waals surface area (Å²) in [5.74, 6) is 2.41. The van der Waals surface area contributed by atoms with Crippen molar-refractivity contribution in [2.45, 2.75) is 145 Å². The van der Waals surface area contributed by atoms with Crippen molar-refractivity contribution in [2.75, 3.05) is 13.2 Å². The maximum atomic E-state index is 12.0. The molecule has 4 nitrogen and oxygen atoms in total. The third kappa shape index (κ3) is 12.0. The van der Waals surface area contributed by atoms with Crippen LogP contribution in [0, 0.1) is 13.8 Å². The topological polar surface area (TPSA) is 58.9 Å². The Bertz CT molecular complexity index is 2490. The first-order valence-electron chi connectivity index (χ1n) is 23.6. The first kappa shape index (κ1) is 49.5. The van der Waals surface area contributed by atoms with Crippen LogP contribution in [-0.4, -0.2) is 23.4 Å². The molecular weight excluding hydrogens is 785 g/mol. The summed E-state index contributed by atoms with van der Waals surface area (Å²) in [7, 11) is 0. The van der Waals surface area contributed by atoms with Gasteiger partial charge in [-0.1, -0.05) is 163 Å². The van der Waals surface area contributed by atoms with Gasteiger partial charge in [-0.05, 0) is 136 Å². The van der Waals surface area contributed by atoms with Crippen molar-refractivity contribution in [2.24, 2.45) is 0 Å². The lowest BCUT2D eigenvalue weighted by Gasteiger charge is -2.26. The number of phenolic OH excluding ortho intramolecular Hbond substituents is 2. The Morgan fingerprint density at radius 3 is 1.19 bits per heavy atom. The lowest BCUT2D eigenvalue weighted by Crippen LogP contribution is -2.16. The van der Waals surface area contributed by atoms with Gasteiger partial charge in [0.25, 0.3) is 0 Å². The number of rotatable bonds is 13. The quantitative estimate of drug-likeness (QED) is 0.114. The zero-order valence-corrected chi connectivity index (χ0v) is 41.7. The molecule has 0 saturated heterocycles. The minimum Gasteiger partial charge on any atom is -0.507 e. The molecular formula is C60H76O4. The van der Waals surface area contributed by atoms with Gasteiger partial charge in [-0.2, -0.15) is 0 Å². The third-order valence-corrected chi connectivity index (χ3v) is 11.9. The van der Waals surface area contributed by atoms with Crippen molar-refractivity contribution in [3.63, 3.8) is 0 Å². The summed E-state index contributed by atoms with van der Waals surface area (Å²) >= 11 is 0. The number of hydrogen-bond acceptors (Lipinski definition) is 4. The fourth-order valence-electron chi connectivity index (χ4n) is 8.01. The summed E-state index contributed by atoms with van der Waals surface area (Å²) in [6.07, 6.45) is 2.63. The number of benzene rings is 6. The zero-order chi connectivity index (χ0) is 47.1. The molecule has 64 heavy (non-hydrogen) atoms. The summed E-state index contributed by atoms with van der Waals surface area (Å²) in [6.45, 7) is 33.9. The standard InChI is InChI=1S/C58H70O4.C2H6/c1-37(2)40-31-41(33-43(32-40)56(5,6)7)48-27-38(3)29-50(54(48)59)46-21-15-17-23-52(46)61-25-19-14-20-26-62-53-24-18-16-22-47(53)51-30-39(4)28-49(55(51)60)42-34-44(57(8,9)10)36-45(35-42)58(11,12)13;1-2/h15-18,21-24,27-37,59-60H,14,19-20,25-26H2,1-13H3;1-2H3. The van der Waals surface area contributed by atoms with E-state index in [1.165, 1.54) is 22.3 Å². The van der Waals surface area contributed by atoms with Crippen LogP contribution in [0.25, 0.3) is 44.5 Å². The van der Waals surface area contributed by atoms with Crippen molar-refractivity contribution in [1.29, 1.82) is 0 Å². The number of aryl methyl sites for hydroxylation is 2. The minimum absolute atomic E-state index is 0.0218. The van der Waals surface area contributed by atoms with E-state index in [-0.39, 0.29) is 27.7 Å². The number of hydrogen-bond donors (Lipinski definition) is 2. The van der Waals surface area contributed by atoms with E-state index < -0.39 is 0 Å². The Balaban J connectivity index is 0.00000380. The van der Waals surface area contributed by atoms with Crippen molar-refractivity contribution < 1.29 is 19.7 Å². The van der Waals surface area contributed by atoms with E-state index in [2.05, 4.69) is 151 Å². The van der Waals surface area contributed by atoms with Crippen LogP contribution < -0.4 is 9.47 Å². The molecule has 0 spiro atoms. The van der Waals surface area contributed by atoms with Gasteiger partial charge in [-0.3, -0.25) is 0 Å². The van der Waals surface area contributed by atoms with Crippen molar-refractivity contribution >= 4 is 0 Å². The van der Waals surface area contributed by atoms with E-state index in [0.717, 1.165) is 86.4 Å². The molecule has 0 saturated carbocycles. The van der Waals surface area contributed by atoms with Crippen LogP contribution in [0.2, 0.25) is 0 Å². The largest absolute Gasteiger partial charge is 0.507 e. The van der Waals surface area contributed by atoms with E-state index in [4.69, 9.17) is 9.47 Å². The lowest BCUT2D eigenvalue weighted by molar-refractivity contribution is 0.280. The smallest absolute Gasteiger partial charge is 0.131 e. The molecule has 0 aromatic heterocycles. The highest BCUT2D eigenvalue weighted by atomic mass is 16.5. The highest BCUT2D eigenvalue weighted by Gasteiger charge is 2.24. The summed E-state index contributed by atoms with van der Waals surface area (Å²) in [4.78, 5) is 0.